The van der Waals surface area contributed by atoms with Gasteiger partial charge in [0.25, 0.3) is 0 Å². The quantitative estimate of drug-likeness (QED) is 0.915. The van der Waals surface area contributed by atoms with Crippen molar-refractivity contribution in [2.75, 3.05) is 13.1 Å². The third-order valence-electron chi connectivity index (χ3n) is 3.89. The molecule has 0 saturated carbocycles. The van der Waals surface area contributed by atoms with Crippen molar-refractivity contribution in [2.24, 2.45) is 0 Å². The SMILES string of the molecule is Cc1cc(O[C@H]2CCNC2)cc(C)c1-c1ccccc1. The zero-order valence-electron chi connectivity index (χ0n) is 12.1. The molecule has 3 rings (SSSR count). The predicted molar refractivity (Wildman–Crippen MR) is 83.3 cm³/mol. The van der Waals surface area contributed by atoms with Gasteiger partial charge in [-0.15, -0.1) is 0 Å². The Kier molecular flexibility index (Phi) is 3.75. The first-order valence-electron chi connectivity index (χ1n) is 7.28. The van der Waals surface area contributed by atoms with E-state index in [1.807, 2.05) is 0 Å². The minimum atomic E-state index is 0.316. The second-order valence-electron chi connectivity index (χ2n) is 5.53. The van der Waals surface area contributed by atoms with Gasteiger partial charge in [-0.25, -0.2) is 0 Å². The molecule has 0 aliphatic carbocycles. The molecule has 0 aromatic heterocycles. The van der Waals surface area contributed by atoms with E-state index in [1.165, 1.54) is 22.3 Å². The zero-order valence-corrected chi connectivity index (χ0v) is 12.1. The molecule has 0 unspecified atom stereocenters. The summed E-state index contributed by atoms with van der Waals surface area (Å²) in [7, 11) is 0. The number of benzene rings is 2. The van der Waals surface area contributed by atoms with Crippen LogP contribution in [-0.4, -0.2) is 19.2 Å². The van der Waals surface area contributed by atoms with E-state index >= 15 is 0 Å². The zero-order chi connectivity index (χ0) is 13.9. The van der Waals surface area contributed by atoms with Crippen molar-refractivity contribution in [1.29, 1.82) is 0 Å². The van der Waals surface area contributed by atoms with Gasteiger partial charge in [0.05, 0.1) is 0 Å². The third kappa shape index (κ3) is 2.70. The summed E-state index contributed by atoms with van der Waals surface area (Å²) in [6.45, 7) is 6.34. The average molecular weight is 267 g/mol. The van der Waals surface area contributed by atoms with Gasteiger partial charge in [-0.05, 0) is 61.2 Å². The van der Waals surface area contributed by atoms with Crippen molar-refractivity contribution in [2.45, 2.75) is 26.4 Å². The van der Waals surface area contributed by atoms with E-state index in [0.29, 0.717) is 6.10 Å². The van der Waals surface area contributed by atoms with Crippen LogP contribution in [0.3, 0.4) is 0 Å². The average Bonchev–Trinajstić information content (AvgIpc) is 2.92. The molecule has 1 heterocycles. The van der Waals surface area contributed by atoms with E-state index in [0.717, 1.165) is 25.3 Å². The van der Waals surface area contributed by atoms with Gasteiger partial charge in [0, 0.05) is 6.54 Å². The van der Waals surface area contributed by atoms with Crippen LogP contribution >= 0.6 is 0 Å². The lowest BCUT2D eigenvalue weighted by Gasteiger charge is -2.17. The third-order valence-corrected chi connectivity index (χ3v) is 3.89. The minimum Gasteiger partial charge on any atom is -0.489 e. The molecule has 1 saturated heterocycles. The van der Waals surface area contributed by atoms with Crippen molar-refractivity contribution >= 4 is 0 Å². The van der Waals surface area contributed by atoms with Gasteiger partial charge >= 0.3 is 0 Å². The Balaban J connectivity index is 1.90. The summed E-state index contributed by atoms with van der Waals surface area (Å²) in [6, 6.07) is 14.9. The van der Waals surface area contributed by atoms with Crippen LogP contribution in [0.1, 0.15) is 17.5 Å². The van der Waals surface area contributed by atoms with E-state index in [4.69, 9.17) is 4.74 Å². The molecule has 0 radical (unpaired) electrons. The first-order chi connectivity index (χ1) is 9.74. The molecular formula is C18H21NO. The lowest BCUT2D eigenvalue weighted by molar-refractivity contribution is 0.223. The standard InChI is InChI=1S/C18H21NO/c1-13-10-17(20-16-8-9-19-12-16)11-14(2)18(13)15-6-4-3-5-7-15/h3-7,10-11,16,19H,8-9,12H2,1-2H3/t16-/m0/s1. The topological polar surface area (TPSA) is 21.3 Å². The predicted octanol–water partition coefficient (Wildman–Crippen LogP) is 3.71. The molecule has 2 aromatic carbocycles. The first-order valence-corrected chi connectivity index (χ1v) is 7.28. The van der Waals surface area contributed by atoms with Crippen LogP contribution in [0.5, 0.6) is 5.75 Å². The Morgan fingerprint density at radius 2 is 1.75 bits per heavy atom. The van der Waals surface area contributed by atoms with E-state index in [9.17, 15) is 0 Å². The van der Waals surface area contributed by atoms with E-state index < -0.39 is 0 Å². The molecule has 2 heteroatoms. The van der Waals surface area contributed by atoms with Crippen LogP contribution in [-0.2, 0) is 0 Å². The summed E-state index contributed by atoms with van der Waals surface area (Å²) in [5, 5.41) is 3.33. The minimum absolute atomic E-state index is 0.316. The summed E-state index contributed by atoms with van der Waals surface area (Å²) in [5.74, 6) is 0.994. The Labute approximate surface area is 120 Å². The molecule has 104 valence electrons. The first kappa shape index (κ1) is 13.2. The van der Waals surface area contributed by atoms with Gasteiger partial charge in [-0.2, -0.15) is 0 Å². The summed E-state index contributed by atoms with van der Waals surface area (Å²) in [4.78, 5) is 0. The molecule has 0 spiro atoms. The summed E-state index contributed by atoms with van der Waals surface area (Å²) < 4.78 is 6.07. The number of hydrogen-bond donors (Lipinski definition) is 1. The highest BCUT2D eigenvalue weighted by Crippen LogP contribution is 2.31. The van der Waals surface area contributed by atoms with Crippen molar-refractivity contribution in [3.8, 4) is 16.9 Å². The Morgan fingerprint density at radius 1 is 1.05 bits per heavy atom. The molecule has 1 fully saturated rings. The van der Waals surface area contributed by atoms with Crippen molar-refractivity contribution in [3.63, 3.8) is 0 Å². The monoisotopic (exact) mass is 267 g/mol. The maximum atomic E-state index is 6.07. The number of nitrogens with one attached hydrogen (secondary N) is 1. The van der Waals surface area contributed by atoms with Crippen LogP contribution in [0.15, 0.2) is 42.5 Å². The molecule has 1 atom stereocenters. The Morgan fingerprint density at radius 3 is 2.35 bits per heavy atom. The molecular weight excluding hydrogens is 246 g/mol. The normalized spacial score (nSPS) is 18.2. The number of aryl methyl sites for hydroxylation is 2. The second-order valence-corrected chi connectivity index (χ2v) is 5.53. The highest BCUT2D eigenvalue weighted by Gasteiger charge is 2.17. The van der Waals surface area contributed by atoms with Gasteiger partial charge in [-0.1, -0.05) is 30.3 Å². The van der Waals surface area contributed by atoms with Crippen molar-refractivity contribution < 1.29 is 4.74 Å². The van der Waals surface area contributed by atoms with Crippen LogP contribution in [0.4, 0.5) is 0 Å². The lowest BCUT2D eigenvalue weighted by atomic mass is 9.95. The Hall–Kier alpha value is -1.80. The van der Waals surface area contributed by atoms with Gasteiger partial charge in [0.1, 0.15) is 11.9 Å². The molecule has 1 aliphatic heterocycles. The fourth-order valence-corrected chi connectivity index (χ4v) is 2.97. The van der Waals surface area contributed by atoms with Gasteiger partial charge in [0.15, 0.2) is 0 Å². The number of rotatable bonds is 3. The number of ether oxygens (including phenoxy) is 1. The fraction of sp³-hybridized carbons (Fsp3) is 0.333. The lowest BCUT2D eigenvalue weighted by Crippen LogP contribution is -2.19. The van der Waals surface area contributed by atoms with E-state index in [-0.39, 0.29) is 0 Å². The largest absolute Gasteiger partial charge is 0.489 e. The van der Waals surface area contributed by atoms with Crippen LogP contribution in [0.2, 0.25) is 0 Å². The highest BCUT2D eigenvalue weighted by atomic mass is 16.5. The van der Waals surface area contributed by atoms with Gasteiger partial charge in [-0.3, -0.25) is 0 Å². The maximum absolute atomic E-state index is 6.07. The molecule has 0 bridgehead atoms. The van der Waals surface area contributed by atoms with E-state index in [2.05, 4.69) is 61.6 Å². The highest BCUT2D eigenvalue weighted by molar-refractivity contribution is 5.71. The molecule has 1 aliphatic rings. The molecule has 1 N–H and O–H groups in total. The molecule has 2 nitrogen and oxygen atoms in total. The Bertz CT molecular complexity index is 563. The van der Waals surface area contributed by atoms with E-state index in [1.54, 1.807) is 0 Å². The van der Waals surface area contributed by atoms with Crippen LogP contribution in [0.25, 0.3) is 11.1 Å². The smallest absolute Gasteiger partial charge is 0.120 e. The number of hydrogen-bond acceptors (Lipinski definition) is 2. The summed E-state index contributed by atoms with van der Waals surface area (Å²) in [5.41, 5.74) is 5.15. The molecule has 20 heavy (non-hydrogen) atoms. The fourth-order valence-electron chi connectivity index (χ4n) is 2.97. The molecule has 2 aromatic rings. The van der Waals surface area contributed by atoms with Gasteiger partial charge < -0.3 is 10.1 Å². The van der Waals surface area contributed by atoms with Crippen LogP contribution < -0.4 is 10.1 Å². The summed E-state index contributed by atoms with van der Waals surface area (Å²) >= 11 is 0. The van der Waals surface area contributed by atoms with Crippen molar-refractivity contribution in [3.05, 3.63) is 53.6 Å². The summed E-state index contributed by atoms with van der Waals surface area (Å²) in [6.07, 6.45) is 1.41. The van der Waals surface area contributed by atoms with Crippen LogP contribution in [0, 0.1) is 13.8 Å². The van der Waals surface area contributed by atoms with Crippen molar-refractivity contribution in [1.82, 2.24) is 5.32 Å². The second kappa shape index (κ2) is 5.68. The molecule has 0 amide bonds. The maximum Gasteiger partial charge on any atom is 0.120 e. The van der Waals surface area contributed by atoms with Gasteiger partial charge in [0.2, 0.25) is 0 Å².